The molecule has 56 heavy (non-hydrogen) atoms. The van der Waals surface area contributed by atoms with Crippen LogP contribution in [0.2, 0.25) is 0 Å². The van der Waals surface area contributed by atoms with Crippen molar-refractivity contribution >= 4 is 0 Å². The molecule has 8 bridgehead atoms. The molecule has 0 saturated heterocycles. The van der Waals surface area contributed by atoms with Gasteiger partial charge < -0.3 is 18.9 Å². The molecule has 4 nitrogen and oxygen atoms in total. The van der Waals surface area contributed by atoms with Gasteiger partial charge in [0.1, 0.15) is 49.4 Å². The normalized spacial score (nSPS) is 11.4. The van der Waals surface area contributed by atoms with Gasteiger partial charge in [0, 0.05) is 25.7 Å². The Morgan fingerprint density at radius 2 is 0.554 bits per heavy atom. The minimum atomic E-state index is 0.0906. The number of terminal acetylenes is 4. The van der Waals surface area contributed by atoms with Crippen LogP contribution < -0.4 is 18.9 Å². The summed E-state index contributed by atoms with van der Waals surface area (Å²) in [5.41, 5.74) is 12.0. The third kappa shape index (κ3) is 9.87. The first-order chi connectivity index (χ1) is 27.4. The molecule has 0 aliphatic heterocycles. The molecule has 0 spiro atoms. The Balaban J connectivity index is 1.95. The predicted octanol–water partition coefficient (Wildman–Crippen LogP) is 9.33. The molecule has 0 atom stereocenters. The minimum absolute atomic E-state index is 0.0906. The maximum absolute atomic E-state index is 6.48. The summed E-state index contributed by atoms with van der Waals surface area (Å²) in [5, 5.41) is 0. The molecule has 0 radical (unpaired) electrons. The Kier molecular flexibility index (Phi) is 14.5. The molecule has 0 aromatic heterocycles. The highest BCUT2D eigenvalue weighted by molar-refractivity contribution is 5.59. The molecule has 4 aromatic carbocycles. The van der Waals surface area contributed by atoms with E-state index in [1.807, 2.05) is 24.3 Å². The summed E-state index contributed by atoms with van der Waals surface area (Å²) in [6.45, 7) is 16.6. The van der Waals surface area contributed by atoms with Gasteiger partial charge in [-0.2, -0.15) is 0 Å². The maximum Gasteiger partial charge on any atom is 0.148 e. The summed E-state index contributed by atoms with van der Waals surface area (Å²) in [5.74, 6) is 13.5. The monoisotopic (exact) mass is 736 g/mol. The van der Waals surface area contributed by atoms with E-state index in [-0.39, 0.29) is 26.4 Å². The largest absolute Gasteiger partial charge is 0.480 e. The summed E-state index contributed by atoms with van der Waals surface area (Å²) in [6, 6.07) is 17.3. The van der Waals surface area contributed by atoms with Gasteiger partial charge in [0.25, 0.3) is 0 Å². The molecule has 280 valence electrons. The van der Waals surface area contributed by atoms with Crippen LogP contribution in [0, 0.1) is 49.4 Å². The molecule has 1 aliphatic rings. The Morgan fingerprint density at radius 3 is 0.696 bits per heavy atom. The van der Waals surface area contributed by atoms with Crippen molar-refractivity contribution in [3.8, 4) is 72.4 Å². The van der Waals surface area contributed by atoms with Crippen molar-refractivity contribution in [1.82, 2.24) is 0 Å². The summed E-state index contributed by atoms with van der Waals surface area (Å²) >= 11 is 0. The molecule has 5 rings (SSSR count). The van der Waals surface area contributed by atoms with Crippen LogP contribution in [0.4, 0.5) is 0 Å². The van der Waals surface area contributed by atoms with Gasteiger partial charge in [-0.15, -0.1) is 52.0 Å². The van der Waals surface area contributed by atoms with E-state index in [4.69, 9.17) is 44.6 Å². The van der Waals surface area contributed by atoms with Crippen LogP contribution in [-0.2, 0) is 51.4 Å². The molecular formula is C52H48O4. The number of rotatable bonds is 16. The van der Waals surface area contributed by atoms with Crippen LogP contribution in [0.25, 0.3) is 0 Å². The summed E-state index contributed by atoms with van der Waals surface area (Å²) in [4.78, 5) is 0. The SMILES string of the molecule is C#CCOc1c2cc(CC=C)cc1Cc1cc(CC=C)cc(c1OCC#C)Cc1cc(CC=C)cc(c1OCC#C)Cc1cc(CC=C)cc(c1OCC#C)C2. The quantitative estimate of drug-likeness (QED) is 0.0748. The van der Waals surface area contributed by atoms with Crippen molar-refractivity contribution in [2.24, 2.45) is 0 Å². The number of hydrogen-bond acceptors (Lipinski definition) is 4. The van der Waals surface area contributed by atoms with Crippen LogP contribution in [0.5, 0.6) is 23.0 Å². The minimum Gasteiger partial charge on any atom is -0.480 e. The van der Waals surface area contributed by atoms with Crippen LogP contribution in [-0.4, -0.2) is 26.4 Å². The van der Waals surface area contributed by atoms with Gasteiger partial charge >= 0.3 is 0 Å². The van der Waals surface area contributed by atoms with Crippen LogP contribution in [0.15, 0.2) is 99.2 Å². The van der Waals surface area contributed by atoms with Gasteiger partial charge in [0.15, 0.2) is 0 Å². The molecule has 0 amide bonds. The van der Waals surface area contributed by atoms with Gasteiger partial charge in [-0.25, -0.2) is 0 Å². The molecule has 4 aromatic rings. The third-order valence-electron chi connectivity index (χ3n) is 9.45. The fourth-order valence-electron chi connectivity index (χ4n) is 7.51. The van der Waals surface area contributed by atoms with E-state index in [0.717, 1.165) is 66.8 Å². The Hall–Kier alpha value is -6.72. The van der Waals surface area contributed by atoms with Crippen molar-refractivity contribution in [3.63, 3.8) is 0 Å². The fourth-order valence-corrected chi connectivity index (χ4v) is 7.51. The number of ether oxygens (including phenoxy) is 4. The first kappa shape index (κ1) is 40.5. The van der Waals surface area contributed by atoms with Gasteiger partial charge in [-0.05, 0) is 92.4 Å². The van der Waals surface area contributed by atoms with E-state index in [2.05, 4.69) is 98.5 Å². The lowest BCUT2D eigenvalue weighted by molar-refractivity contribution is 0.354. The summed E-state index contributed by atoms with van der Waals surface area (Å²) in [7, 11) is 0. The van der Waals surface area contributed by atoms with E-state index in [1.165, 1.54) is 0 Å². The molecular weight excluding hydrogens is 689 g/mol. The van der Waals surface area contributed by atoms with Crippen LogP contribution in [0.3, 0.4) is 0 Å². The van der Waals surface area contributed by atoms with Crippen molar-refractivity contribution in [2.45, 2.75) is 51.4 Å². The predicted molar refractivity (Wildman–Crippen MR) is 230 cm³/mol. The first-order valence-corrected chi connectivity index (χ1v) is 18.7. The topological polar surface area (TPSA) is 36.9 Å². The molecule has 0 unspecified atom stereocenters. The van der Waals surface area contributed by atoms with Crippen LogP contribution >= 0.6 is 0 Å². The average molecular weight is 737 g/mol. The van der Waals surface area contributed by atoms with Gasteiger partial charge in [0.05, 0.1) is 0 Å². The smallest absolute Gasteiger partial charge is 0.148 e. The van der Waals surface area contributed by atoms with E-state index in [1.54, 1.807) is 0 Å². The average Bonchev–Trinajstić information content (AvgIpc) is 3.17. The molecule has 0 saturated carbocycles. The van der Waals surface area contributed by atoms with Crippen molar-refractivity contribution < 1.29 is 18.9 Å². The highest BCUT2D eigenvalue weighted by atomic mass is 16.5. The second kappa shape index (κ2) is 20.1. The molecule has 4 heteroatoms. The first-order valence-electron chi connectivity index (χ1n) is 18.7. The highest BCUT2D eigenvalue weighted by Crippen LogP contribution is 2.41. The summed E-state index contributed by atoms with van der Waals surface area (Å²) < 4.78 is 25.9. The number of benzene rings is 4. The lowest BCUT2D eigenvalue weighted by atomic mass is 9.87. The number of hydrogen-bond donors (Lipinski definition) is 0. The molecule has 0 heterocycles. The van der Waals surface area contributed by atoms with E-state index >= 15 is 0 Å². The fraction of sp³-hybridized carbons (Fsp3) is 0.231. The number of allylic oxidation sites excluding steroid dienone is 4. The standard InChI is InChI=1S/C52H48O4/c1-9-17-37-25-41-33-43-27-38(18-10-2)29-45(50(43)54-22-14-6)35-47-31-40(20-12-4)32-48(52(47)56-24-16-8)36-46-30-39(19-11-3)28-44(51(46)55-23-15-7)34-42(26-37)49(41)53-21-13-5/h5-12,25-32H,1-4,17-24,33-36H2. The van der Waals surface area contributed by atoms with E-state index < -0.39 is 0 Å². The summed E-state index contributed by atoms with van der Waals surface area (Å²) in [6.07, 6.45) is 35.4. The molecule has 0 fully saturated rings. The van der Waals surface area contributed by atoms with Gasteiger partial charge in [-0.3, -0.25) is 0 Å². The lowest BCUT2D eigenvalue weighted by Gasteiger charge is -2.24. The van der Waals surface area contributed by atoms with Crippen molar-refractivity contribution in [3.05, 3.63) is 166 Å². The number of fused-ring (bicyclic) bond motifs is 8. The molecule has 1 aliphatic carbocycles. The zero-order valence-corrected chi connectivity index (χ0v) is 32.2. The zero-order valence-electron chi connectivity index (χ0n) is 32.2. The van der Waals surface area contributed by atoms with Gasteiger partial charge in [-0.1, -0.05) is 96.5 Å². The van der Waals surface area contributed by atoms with E-state index in [9.17, 15) is 0 Å². The lowest BCUT2D eigenvalue weighted by Crippen LogP contribution is -2.11. The Morgan fingerprint density at radius 1 is 0.375 bits per heavy atom. The maximum atomic E-state index is 6.48. The molecule has 0 N–H and O–H groups in total. The zero-order chi connectivity index (χ0) is 39.9. The third-order valence-corrected chi connectivity index (χ3v) is 9.45. The van der Waals surface area contributed by atoms with Crippen LogP contribution in [0.1, 0.15) is 66.8 Å². The van der Waals surface area contributed by atoms with E-state index in [0.29, 0.717) is 74.4 Å². The Bertz CT molecular complexity index is 1870. The highest BCUT2D eigenvalue weighted by Gasteiger charge is 2.24. The second-order valence-electron chi connectivity index (χ2n) is 13.6. The van der Waals surface area contributed by atoms with Crippen molar-refractivity contribution in [1.29, 1.82) is 0 Å². The second-order valence-corrected chi connectivity index (χ2v) is 13.6. The van der Waals surface area contributed by atoms with Crippen molar-refractivity contribution in [2.75, 3.05) is 26.4 Å². The Labute approximate surface area is 334 Å². The van der Waals surface area contributed by atoms with Gasteiger partial charge in [0.2, 0.25) is 0 Å².